The van der Waals surface area contributed by atoms with Crippen molar-refractivity contribution in [2.24, 2.45) is 14.1 Å². The predicted molar refractivity (Wildman–Crippen MR) is 100 cm³/mol. The van der Waals surface area contributed by atoms with E-state index in [0.717, 1.165) is 17.7 Å². The van der Waals surface area contributed by atoms with Crippen LogP contribution in [-0.2, 0) is 14.1 Å². The first kappa shape index (κ1) is 17.0. The van der Waals surface area contributed by atoms with Crippen molar-refractivity contribution in [2.45, 2.75) is 6.04 Å². The molecular formula is C17H19ClN6O2. The number of benzene rings is 1. The minimum Gasteiger partial charge on any atom is -0.313 e. The Morgan fingerprint density at radius 3 is 2.62 bits per heavy atom. The number of piperazine rings is 1. The monoisotopic (exact) mass is 374 g/mol. The predicted octanol–water partition coefficient (Wildman–Crippen LogP) is 0.310. The van der Waals surface area contributed by atoms with Gasteiger partial charge in [0.1, 0.15) is 5.82 Å². The van der Waals surface area contributed by atoms with E-state index in [1.54, 1.807) is 17.7 Å². The van der Waals surface area contributed by atoms with Crippen LogP contribution in [0.15, 0.2) is 33.9 Å². The maximum atomic E-state index is 12.9. The second kappa shape index (κ2) is 6.39. The lowest BCUT2D eigenvalue weighted by molar-refractivity contribution is 0.413. The molecule has 26 heavy (non-hydrogen) atoms. The molecule has 136 valence electrons. The molecule has 0 radical (unpaired) electrons. The van der Waals surface area contributed by atoms with E-state index in [1.165, 1.54) is 11.6 Å². The van der Waals surface area contributed by atoms with E-state index in [0.29, 0.717) is 34.2 Å². The fourth-order valence-electron chi connectivity index (χ4n) is 3.36. The fourth-order valence-corrected chi connectivity index (χ4v) is 3.58. The van der Waals surface area contributed by atoms with Crippen molar-refractivity contribution in [3.05, 3.63) is 56.0 Å². The van der Waals surface area contributed by atoms with Crippen molar-refractivity contribution in [2.75, 3.05) is 19.6 Å². The maximum absolute atomic E-state index is 12.9. The van der Waals surface area contributed by atoms with Gasteiger partial charge >= 0.3 is 5.69 Å². The van der Waals surface area contributed by atoms with Gasteiger partial charge in [0.15, 0.2) is 11.2 Å². The third kappa shape index (κ3) is 2.49. The Morgan fingerprint density at radius 2 is 1.92 bits per heavy atom. The van der Waals surface area contributed by atoms with E-state index < -0.39 is 11.2 Å². The average Bonchev–Trinajstić information content (AvgIpc) is 3.06. The van der Waals surface area contributed by atoms with Gasteiger partial charge in [-0.05, 0) is 12.1 Å². The van der Waals surface area contributed by atoms with Crippen molar-refractivity contribution < 1.29 is 0 Å². The molecule has 1 saturated heterocycles. The molecule has 1 unspecified atom stereocenters. The molecule has 0 saturated carbocycles. The molecule has 0 spiro atoms. The number of fused-ring (bicyclic) bond motifs is 1. The third-order valence-electron chi connectivity index (χ3n) is 4.73. The third-order valence-corrected chi connectivity index (χ3v) is 5.05. The number of rotatable bonds is 2. The minimum absolute atomic E-state index is 0.104. The van der Waals surface area contributed by atoms with Crippen LogP contribution in [0.1, 0.15) is 11.9 Å². The number of hydrogen-bond acceptors (Lipinski definition) is 5. The van der Waals surface area contributed by atoms with Crippen LogP contribution < -0.4 is 21.9 Å². The van der Waals surface area contributed by atoms with Gasteiger partial charge in [-0.15, -0.1) is 0 Å². The Morgan fingerprint density at radius 1 is 1.15 bits per heavy atom. The van der Waals surface area contributed by atoms with Crippen molar-refractivity contribution in [3.8, 4) is 5.69 Å². The fraction of sp³-hybridized carbons (Fsp3) is 0.353. The molecule has 1 fully saturated rings. The van der Waals surface area contributed by atoms with E-state index in [9.17, 15) is 9.59 Å². The highest BCUT2D eigenvalue weighted by atomic mass is 35.5. The highest BCUT2D eigenvalue weighted by Gasteiger charge is 2.27. The Hall–Kier alpha value is -2.42. The SMILES string of the molecule is Cn1c(=O)c2c(nc(C3CNCCN3)n2-c2ccccc2Cl)n(C)c1=O. The number of nitrogens with zero attached hydrogens (tertiary/aromatic N) is 4. The number of para-hydroxylation sites is 1. The Labute approximate surface area is 154 Å². The molecule has 4 rings (SSSR count). The lowest BCUT2D eigenvalue weighted by Gasteiger charge is -2.25. The van der Waals surface area contributed by atoms with Crippen LogP contribution in [-0.4, -0.2) is 38.3 Å². The molecule has 1 aliphatic rings. The van der Waals surface area contributed by atoms with Gasteiger partial charge in [0, 0.05) is 33.7 Å². The van der Waals surface area contributed by atoms with Crippen LogP contribution in [0.25, 0.3) is 16.9 Å². The van der Waals surface area contributed by atoms with E-state index in [4.69, 9.17) is 11.6 Å². The Kier molecular flexibility index (Phi) is 4.18. The average molecular weight is 375 g/mol. The molecule has 2 aromatic heterocycles. The number of nitrogens with one attached hydrogen (secondary N) is 2. The molecule has 3 heterocycles. The Balaban J connectivity index is 2.14. The van der Waals surface area contributed by atoms with E-state index in [1.807, 2.05) is 18.2 Å². The first-order chi connectivity index (χ1) is 12.5. The molecule has 1 aliphatic heterocycles. The summed E-state index contributed by atoms with van der Waals surface area (Å²) in [7, 11) is 3.08. The summed E-state index contributed by atoms with van der Waals surface area (Å²) in [6, 6.07) is 7.20. The standard InChI is InChI=1S/C17H19ClN6O2/c1-22-15-13(16(25)23(2)17(22)26)24(12-6-4-3-5-10(12)18)14(21-15)11-9-19-7-8-20-11/h3-6,11,19-20H,7-9H2,1-2H3. The van der Waals surface area contributed by atoms with Crippen LogP contribution in [0.4, 0.5) is 0 Å². The van der Waals surface area contributed by atoms with E-state index in [2.05, 4.69) is 15.6 Å². The van der Waals surface area contributed by atoms with E-state index >= 15 is 0 Å². The summed E-state index contributed by atoms with van der Waals surface area (Å²) in [5.41, 5.74) is 0.540. The molecule has 0 aliphatic carbocycles. The quantitative estimate of drug-likeness (QED) is 0.674. The van der Waals surface area contributed by atoms with Crippen LogP contribution in [0, 0.1) is 0 Å². The van der Waals surface area contributed by atoms with Gasteiger partial charge in [-0.2, -0.15) is 0 Å². The van der Waals surface area contributed by atoms with E-state index in [-0.39, 0.29) is 6.04 Å². The minimum atomic E-state index is -0.410. The highest BCUT2D eigenvalue weighted by Crippen LogP contribution is 2.27. The normalized spacial score (nSPS) is 17.7. The first-order valence-electron chi connectivity index (χ1n) is 8.38. The van der Waals surface area contributed by atoms with Gasteiger partial charge in [-0.3, -0.25) is 18.5 Å². The summed E-state index contributed by atoms with van der Waals surface area (Å²) in [6.07, 6.45) is 0. The second-order valence-electron chi connectivity index (χ2n) is 6.35. The topological polar surface area (TPSA) is 85.9 Å². The molecule has 3 aromatic rings. The molecule has 9 heteroatoms. The summed E-state index contributed by atoms with van der Waals surface area (Å²) in [6.45, 7) is 2.32. The number of hydrogen-bond donors (Lipinski definition) is 2. The molecule has 0 bridgehead atoms. The number of halogens is 1. The zero-order valence-electron chi connectivity index (χ0n) is 14.5. The summed E-state index contributed by atoms with van der Waals surface area (Å²) in [5, 5.41) is 7.24. The molecule has 0 amide bonds. The van der Waals surface area contributed by atoms with Gasteiger partial charge in [0.25, 0.3) is 5.56 Å². The zero-order valence-corrected chi connectivity index (χ0v) is 15.2. The maximum Gasteiger partial charge on any atom is 0.332 e. The lowest BCUT2D eigenvalue weighted by Crippen LogP contribution is -2.43. The van der Waals surface area contributed by atoms with Gasteiger partial charge in [0.05, 0.1) is 16.8 Å². The molecule has 2 N–H and O–H groups in total. The van der Waals surface area contributed by atoms with Crippen molar-refractivity contribution in [3.63, 3.8) is 0 Å². The van der Waals surface area contributed by atoms with Gasteiger partial charge < -0.3 is 10.6 Å². The van der Waals surface area contributed by atoms with Gasteiger partial charge in [0.2, 0.25) is 0 Å². The van der Waals surface area contributed by atoms with Crippen molar-refractivity contribution in [1.29, 1.82) is 0 Å². The summed E-state index contributed by atoms with van der Waals surface area (Å²) >= 11 is 6.43. The van der Waals surface area contributed by atoms with Crippen LogP contribution in [0.5, 0.6) is 0 Å². The zero-order chi connectivity index (χ0) is 18.4. The summed E-state index contributed by atoms with van der Waals surface area (Å²) in [4.78, 5) is 29.9. The van der Waals surface area contributed by atoms with Crippen molar-refractivity contribution >= 4 is 22.8 Å². The summed E-state index contributed by atoms with van der Waals surface area (Å²) < 4.78 is 4.25. The molecular weight excluding hydrogens is 356 g/mol. The van der Waals surface area contributed by atoms with Crippen LogP contribution in [0.2, 0.25) is 5.02 Å². The highest BCUT2D eigenvalue weighted by molar-refractivity contribution is 6.32. The second-order valence-corrected chi connectivity index (χ2v) is 6.75. The molecule has 1 aromatic carbocycles. The number of aromatic nitrogens is 4. The molecule has 8 nitrogen and oxygen atoms in total. The smallest absolute Gasteiger partial charge is 0.313 e. The number of aryl methyl sites for hydroxylation is 1. The summed E-state index contributed by atoms with van der Waals surface area (Å²) in [5.74, 6) is 0.651. The van der Waals surface area contributed by atoms with Gasteiger partial charge in [-0.1, -0.05) is 23.7 Å². The molecule has 1 atom stereocenters. The lowest BCUT2D eigenvalue weighted by atomic mass is 10.2. The Bertz CT molecular complexity index is 1110. The largest absolute Gasteiger partial charge is 0.332 e. The van der Waals surface area contributed by atoms with Gasteiger partial charge in [-0.25, -0.2) is 9.78 Å². The first-order valence-corrected chi connectivity index (χ1v) is 8.76. The van der Waals surface area contributed by atoms with Crippen LogP contribution in [0.3, 0.4) is 0 Å². The van der Waals surface area contributed by atoms with Crippen LogP contribution >= 0.6 is 11.6 Å². The number of imidazole rings is 1. The van der Waals surface area contributed by atoms with Crippen molar-refractivity contribution in [1.82, 2.24) is 29.3 Å².